The van der Waals surface area contributed by atoms with Crippen molar-refractivity contribution in [2.45, 2.75) is 59.5 Å². The van der Waals surface area contributed by atoms with Crippen LogP contribution in [0.3, 0.4) is 0 Å². The largest absolute Gasteiger partial charge is 0.309 e. The van der Waals surface area contributed by atoms with Crippen LogP contribution in [-0.2, 0) is 6.54 Å². The fraction of sp³-hybridized carbons (Fsp3) is 0.769. The molecule has 1 saturated carbocycles. The van der Waals surface area contributed by atoms with Gasteiger partial charge in [0.2, 0.25) is 0 Å². The van der Waals surface area contributed by atoms with E-state index in [4.69, 9.17) is 0 Å². The zero-order valence-corrected chi connectivity index (χ0v) is 10.9. The van der Waals surface area contributed by atoms with E-state index in [2.05, 4.69) is 43.2 Å². The van der Waals surface area contributed by atoms with Crippen molar-refractivity contribution in [2.24, 2.45) is 5.41 Å². The second-order valence-electron chi connectivity index (χ2n) is 5.73. The Kier molecular flexibility index (Phi) is 3.06. The van der Waals surface area contributed by atoms with Crippen LogP contribution in [0, 0.1) is 19.3 Å². The number of aromatic amines is 1. The van der Waals surface area contributed by atoms with E-state index in [1.807, 2.05) is 0 Å². The van der Waals surface area contributed by atoms with Crippen molar-refractivity contribution in [3.63, 3.8) is 0 Å². The summed E-state index contributed by atoms with van der Waals surface area (Å²) >= 11 is 0. The van der Waals surface area contributed by atoms with Gasteiger partial charge in [-0.3, -0.25) is 5.10 Å². The van der Waals surface area contributed by atoms with Crippen LogP contribution >= 0.6 is 0 Å². The van der Waals surface area contributed by atoms with Gasteiger partial charge in [0, 0.05) is 23.8 Å². The van der Waals surface area contributed by atoms with Gasteiger partial charge in [-0.25, -0.2) is 0 Å². The van der Waals surface area contributed by atoms with Crippen LogP contribution in [0.2, 0.25) is 0 Å². The number of aromatic nitrogens is 2. The van der Waals surface area contributed by atoms with E-state index < -0.39 is 0 Å². The zero-order valence-electron chi connectivity index (χ0n) is 10.9. The van der Waals surface area contributed by atoms with E-state index in [0.717, 1.165) is 12.2 Å². The molecular formula is C13H23N3. The number of rotatable bonds is 3. The van der Waals surface area contributed by atoms with E-state index in [9.17, 15) is 0 Å². The Bertz CT molecular complexity index is 346. The Morgan fingerprint density at radius 1 is 1.44 bits per heavy atom. The highest BCUT2D eigenvalue weighted by molar-refractivity contribution is 5.22. The van der Waals surface area contributed by atoms with Gasteiger partial charge >= 0.3 is 0 Å². The Morgan fingerprint density at radius 3 is 2.69 bits per heavy atom. The highest BCUT2D eigenvalue weighted by atomic mass is 15.1. The predicted molar refractivity (Wildman–Crippen MR) is 66.3 cm³/mol. The average Bonchev–Trinajstić information content (AvgIpc) is 2.69. The van der Waals surface area contributed by atoms with Crippen LogP contribution in [0.15, 0.2) is 0 Å². The van der Waals surface area contributed by atoms with E-state index >= 15 is 0 Å². The molecule has 3 nitrogen and oxygen atoms in total. The lowest BCUT2D eigenvalue weighted by atomic mass is 9.87. The van der Waals surface area contributed by atoms with Gasteiger partial charge in [0.1, 0.15) is 0 Å². The topological polar surface area (TPSA) is 40.7 Å². The van der Waals surface area contributed by atoms with Crippen LogP contribution in [-0.4, -0.2) is 16.2 Å². The van der Waals surface area contributed by atoms with E-state index in [-0.39, 0.29) is 0 Å². The third-order valence-electron chi connectivity index (χ3n) is 4.06. The molecule has 1 atom stereocenters. The normalized spacial score (nSPS) is 23.9. The zero-order chi connectivity index (χ0) is 11.8. The molecule has 1 unspecified atom stereocenters. The maximum atomic E-state index is 4.23. The molecule has 0 bridgehead atoms. The van der Waals surface area contributed by atoms with Crippen molar-refractivity contribution in [1.29, 1.82) is 0 Å². The van der Waals surface area contributed by atoms with Crippen molar-refractivity contribution in [1.82, 2.24) is 15.5 Å². The van der Waals surface area contributed by atoms with Gasteiger partial charge in [-0.2, -0.15) is 5.10 Å². The van der Waals surface area contributed by atoms with Crippen molar-refractivity contribution < 1.29 is 0 Å². The summed E-state index contributed by atoms with van der Waals surface area (Å²) in [6, 6.07) is 0.654. The predicted octanol–water partition coefficient (Wildman–Crippen LogP) is 2.69. The van der Waals surface area contributed by atoms with E-state index in [1.54, 1.807) is 0 Å². The highest BCUT2D eigenvalue weighted by Crippen LogP contribution is 2.37. The quantitative estimate of drug-likeness (QED) is 0.824. The van der Waals surface area contributed by atoms with Gasteiger partial charge in [0.15, 0.2) is 0 Å². The van der Waals surface area contributed by atoms with Gasteiger partial charge < -0.3 is 5.32 Å². The maximum absolute atomic E-state index is 4.23. The lowest BCUT2D eigenvalue weighted by molar-refractivity contribution is 0.282. The molecule has 0 aromatic carbocycles. The molecule has 0 amide bonds. The molecule has 0 radical (unpaired) electrons. The first kappa shape index (κ1) is 11.6. The van der Waals surface area contributed by atoms with Crippen molar-refractivity contribution >= 4 is 0 Å². The first-order chi connectivity index (χ1) is 7.50. The number of nitrogens with zero attached hydrogens (tertiary/aromatic N) is 1. The minimum Gasteiger partial charge on any atom is -0.309 e. The van der Waals surface area contributed by atoms with Crippen molar-refractivity contribution in [3.05, 3.63) is 17.0 Å². The molecule has 3 heteroatoms. The van der Waals surface area contributed by atoms with Gasteiger partial charge in [-0.15, -0.1) is 0 Å². The highest BCUT2D eigenvalue weighted by Gasteiger charge is 2.33. The second-order valence-corrected chi connectivity index (χ2v) is 5.73. The van der Waals surface area contributed by atoms with Crippen LogP contribution in [0.25, 0.3) is 0 Å². The number of nitrogens with one attached hydrogen (secondary N) is 2. The molecule has 2 rings (SSSR count). The minimum absolute atomic E-state index is 0.450. The SMILES string of the molecule is Cc1n[nH]c(C)c1CNC1CCCC1(C)C. The molecule has 1 aliphatic carbocycles. The van der Waals surface area contributed by atoms with Crippen molar-refractivity contribution in [2.75, 3.05) is 0 Å². The number of aryl methyl sites for hydroxylation is 2. The molecule has 1 aromatic heterocycles. The fourth-order valence-corrected chi connectivity index (χ4v) is 2.76. The van der Waals surface area contributed by atoms with Crippen LogP contribution in [0.4, 0.5) is 0 Å². The van der Waals surface area contributed by atoms with Crippen LogP contribution < -0.4 is 5.32 Å². The minimum atomic E-state index is 0.450. The first-order valence-corrected chi connectivity index (χ1v) is 6.24. The molecule has 1 aliphatic rings. The number of hydrogen-bond donors (Lipinski definition) is 2. The number of H-pyrrole nitrogens is 1. The van der Waals surface area contributed by atoms with Crippen LogP contribution in [0.5, 0.6) is 0 Å². The fourth-order valence-electron chi connectivity index (χ4n) is 2.76. The summed E-state index contributed by atoms with van der Waals surface area (Å²) < 4.78 is 0. The molecular weight excluding hydrogens is 198 g/mol. The first-order valence-electron chi connectivity index (χ1n) is 6.24. The van der Waals surface area contributed by atoms with Gasteiger partial charge in [-0.1, -0.05) is 20.3 Å². The standard InChI is InChI=1S/C13H23N3/c1-9-11(10(2)16-15-9)8-14-12-6-5-7-13(12,3)4/h12,14H,5-8H2,1-4H3,(H,15,16). The molecule has 2 N–H and O–H groups in total. The van der Waals surface area contributed by atoms with Crippen LogP contribution in [0.1, 0.15) is 50.1 Å². The molecule has 0 saturated heterocycles. The monoisotopic (exact) mass is 221 g/mol. The third kappa shape index (κ3) is 2.14. The number of hydrogen-bond acceptors (Lipinski definition) is 2. The van der Waals surface area contributed by atoms with E-state index in [0.29, 0.717) is 11.5 Å². The van der Waals surface area contributed by atoms with Crippen molar-refractivity contribution in [3.8, 4) is 0 Å². The second kappa shape index (κ2) is 4.21. The summed E-state index contributed by atoms with van der Waals surface area (Å²) in [7, 11) is 0. The summed E-state index contributed by atoms with van der Waals surface area (Å²) in [4.78, 5) is 0. The lowest BCUT2D eigenvalue weighted by Crippen LogP contribution is -2.37. The summed E-state index contributed by atoms with van der Waals surface area (Å²) in [6.07, 6.45) is 4.00. The third-order valence-corrected chi connectivity index (χ3v) is 4.06. The molecule has 90 valence electrons. The van der Waals surface area contributed by atoms with Gasteiger partial charge in [0.25, 0.3) is 0 Å². The smallest absolute Gasteiger partial charge is 0.0638 e. The molecule has 0 aliphatic heterocycles. The molecule has 1 heterocycles. The Balaban J connectivity index is 1.98. The molecule has 16 heavy (non-hydrogen) atoms. The van der Waals surface area contributed by atoms with Gasteiger partial charge in [-0.05, 0) is 32.1 Å². The Hall–Kier alpha value is -0.830. The molecule has 1 fully saturated rings. The van der Waals surface area contributed by atoms with E-state index in [1.165, 1.54) is 30.5 Å². The molecule has 1 aromatic rings. The summed E-state index contributed by atoms with van der Waals surface area (Å²) in [5, 5.41) is 11.0. The molecule has 0 spiro atoms. The lowest BCUT2D eigenvalue weighted by Gasteiger charge is -2.28. The Morgan fingerprint density at radius 2 is 2.19 bits per heavy atom. The maximum Gasteiger partial charge on any atom is 0.0638 e. The average molecular weight is 221 g/mol. The van der Waals surface area contributed by atoms with Gasteiger partial charge in [0.05, 0.1) is 5.69 Å². The summed E-state index contributed by atoms with van der Waals surface area (Å²) in [5.41, 5.74) is 4.11. The Labute approximate surface area is 98.0 Å². The summed E-state index contributed by atoms with van der Waals surface area (Å²) in [5.74, 6) is 0. The summed E-state index contributed by atoms with van der Waals surface area (Å²) in [6.45, 7) is 9.85.